The summed E-state index contributed by atoms with van der Waals surface area (Å²) in [5.74, 6) is 0.434. The predicted octanol–water partition coefficient (Wildman–Crippen LogP) is 0.592. The zero-order valence-electron chi connectivity index (χ0n) is 10.4. The molecule has 1 amide bonds. The lowest BCUT2D eigenvalue weighted by molar-refractivity contribution is -0.141. The van der Waals surface area contributed by atoms with Crippen molar-refractivity contribution in [2.45, 2.75) is 33.1 Å². The molecule has 3 N–H and O–H groups in total. The smallest absolute Gasteiger partial charge is 0.230 e. The van der Waals surface area contributed by atoms with E-state index in [2.05, 4.69) is 0 Å². The van der Waals surface area contributed by atoms with E-state index in [0.717, 1.165) is 25.8 Å². The van der Waals surface area contributed by atoms with Crippen LogP contribution in [0.2, 0.25) is 0 Å². The fourth-order valence-corrected chi connectivity index (χ4v) is 2.43. The van der Waals surface area contributed by atoms with Crippen LogP contribution < -0.4 is 5.73 Å². The molecule has 0 aliphatic carbocycles. The van der Waals surface area contributed by atoms with Gasteiger partial charge in [-0.3, -0.25) is 4.79 Å². The van der Waals surface area contributed by atoms with Crippen LogP contribution in [0.15, 0.2) is 0 Å². The first-order valence-electron chi connectivity index (χ1n) is 6.23. The zero-order chi connectivity index (χ0) is 12.2. The molecule has 1 aliphatic rings. The maximum absolute atomic E-state index is 12.4. The summed E-state index contributed by atoms with van der Waals surface area (Å²) < 4.78 is 0. The molecule has 1 unspecified atom stereocenters. The molecule has 0 radical (unpaired) electrons. The molecule has 94 valence electrons. The maximum atomic E-state index is 12.4. The van der Waals surface area contributed by atoms with Crippen LogP contribution >= 0.6 is 0 Å². The van der Waals surface area contributed by atoms with Crippen LogP contribution in [0.25, 0.3) is 0 Å². The van der Waals surface area contributed by atoms with E-state index >= 15 is 0 Å². The Bertz CT molecular complexity index is 231. The zero-order valence-corrected chi connectivity index (χ0v) is 10.4. The largest absolute Gasteiger partial charge is 0.396 e. The summed E-state index contributed by atoms with van der Waals surface area (Å²) in [5.41, 5.74) is 5.38. The van der Waals surface area contributed by atoms with E-state index in [1.807, 2.05) is 18.7 Å². The maximum Gasteiger partial charge on any atom is 0.230 e. The Morgan fingerprint density at radius 3 is 2.50 bits per heavy atom. The molecule has 1 rings (SSSR count). The highest BCUT2D eigenvalue weighted by Gasteiger charge is 2.39. The fourth-order valence-electron chi connectivity index (χ4n) is 2.43. The summed E-state index contributed by atoms with van der Waals surface area (Å²) in [6.45, 7) is 6.10. The first-order valence-corrected chi connectivity index (χ1v) is 6.23. The molecule has 1 heterocycles. The number of hydrogen-bond acceptors (Lipinski definition) is 3. The van der Waals surface area contributed by atoms with Gasteiger partial charge in [-0.1, -0.05) is 13.8 Å². The molecule has 0 bridgehead atoms. The Labute approximate surface area is 97.8 Å². The lowest BCUT2D eigenvalue weighted by Crippen LogP contribution is -2.46. The number of carbonyl (C=O) groups excluding carboxylic acids is 1. The summed E-state index contributed by atoms with van der Waals surface area (Å²) in [5, 5.41) is 9.08. The van der Waals surface area contributed by atoms with E-state index in [1.54, 1.807) is 0 Å². The molecule has 1 saturated heterocycles. The standard InChI is InChI=1S/C12H24N2O2/c1-3-12(4-2,9-13)11(16)14-6-5-10(7-14)8-15/h10,15H,3-9,13H2,1-2H3. The lowest BCUT2D eigenvalue weighted by atomic mass is 9.81. The van der Waals surface area contributed by atoms with Crippen molar-refractivity contribution in [1.82, 2.24) is 4.90 Å². The molecule has 4 heteroatoms. The Balaban J connectivity index is 2.69. The van der Waals surface area contributed by atoms with E-state index in [9.17, 15) is 4.79 Å². The molecule has 0 aromatic rings. The van der Waals surface area contributed by atoms with Crippen molar-refractivity contribution in [3.05, 3.63) is 0 Å². The Morgan fingerprint density at radius 2 is 2.12 bits per heavy atom. The third kappa shape index (κ3) is 2.38. The molecule has 4 nitrogen and oxygen atoms in total. The van der Waals surface area contributed by atoms with Gasteiger partial charge in [0.15, 0.2) is 0 Å². The second kappa shape index (κ2) is 5.64. The van der Waals surface area contributed by atoms with Crippen LogP contribution in [0.1, 0.15) is 33.1 Å². The topological polar surface area (TPSA) is 66.6 Å². The van der Waals surface area contributed by atoms with Crippen LogP contribution in [0.5, 0.6) is 0 Å². The Morgan fingerprint density at radius 1 is 1.50 bits per heavy atom. The van der Waals surface area contributed by atoms with Crippen molar-refractivity contribution >= 4 is 5.91 Å². The number of likely N-dealkylation sites (tertiary alicyclic amines) is 1. The van der Waals surface area contributed by atoms with E-state index < -0.39 is 0 Å². The average molecular weight is 228 g/mol. The van der Waals surface area contributed by atoms with E-state index in [1.165, 1.54) is 0 Å². The van der Waals surface area contributed by atoms with Crippen molar-refractivity contribution in [2.75, 3.05) is 26.2 Å². The quantitative estimate of drug-likeness (QED) is 0.724. The molecule has 0 spiro atoms. The minimum absolute atomic E-state index is 0.177. The normalized spacial score (nSPS) is 21.5. The fraction of sp³-hybridized carbons (Fsp3) is 0.917. The van der Waals surface area contributed by atoms with Gasteiger partial charge in [0, 0.05) is 32.2 Å². The highest BCUT2D eigenvalue weighted by molar-refractivity contribution is 5.83. The van der Waals surface area contributed by atoms with Gasteiger partial charge in [0.1, 0.15) is 0 Å². The SMILES string of the molecule is CCC(CC)(CN)C(=O)N1CCC(CO)C1. The number of carbonyl (C=O) groups is 1. The first-order chi connectivity index (χ1) is 7.63. The minimum Gasteiger partial charge on any atom is -0.396 e. The third-order valence-electron chi connectivity index (χ3n) is 4.03. The van der Waals surface area contributed by atoms with Gasteiger partial charge in [-0.25, -0.2) is 0 Å². The summed E-state index contributed by atoms with van der Waals surface area (Å²) in [4.78, 5) is 14.3. The minimum atomic E-state index is -0.385. The molecule has 1 atom stereocenters. The van der Waals surface area contributed by atoms with Crippen molar-refractivity contribution in [3.8, 4) is 0 Å². The van der Waals surface area contributed by atoms with Gasteiger partial charge >= 0.3 is 0 Å². The Kier molecular flexibility index (Phi) is 4.74. The van der Waals surface area contributed by atoms with Gasteiger partial charge in [0.25, 0.3) is 0 Å². The summed E-state index contributed by atoms with van der Waals surface area (Å²) in [6.07, 6.45) is 2.49. The van der Waals surface area contributed by atoms with Crippen LogP contribution in [0.4, 0.5) is 0 Å². The van der Waals surface area contributed by atoms with Crippen LogP contribution in [-0.4, -0.2) is 42.2 Å². The second-order valence-corrected chi connectivity index (χ2v) is 4.78. The van der Waals surface area contributed by atoms with Gasteiger partial charge in [-0.2, -0.15) is 0 Å². The molecular weight excluding hydrogens is 204 g/mol. The van der Waals surface area contributed by atoms with E-state index in [-0.39, 0.29) is 23.8 Å². The predicted molar refractivity (Wildman–Crippen MR) is 63.8 cm³/mol. The number of hydrogen-bond donors (Lipinski definition) is 2. The molecule has 1 aliphatic heterocycles. The molecule has 0 aromatic carbocycles. The van der Waals surface area contributed by atoms with Crippen LogP contribution in [-0.2, 0) is 4.79 Å². The highest BCUT2D eigenvalue weighted by Crippen LogP contribution is 2.30. The van der Waals surface area contributed by atoms with Gasteiger partial charge in [-0.05, 0) is 19.3 Å². The van der Waals surface area contributed by atoms with Gasteiger partial charge in [-0.15, -0.1) is 0 Å². The van der Waals surface area contributed by atoms with Crippen molar-refractivity contribution in [1.29, 1.82) is 0 Å². The number of amides is 1. The second-order valence-electron chi connectivity index (χ2n) is 4.78. The van der Waals surface area contributed by atoms with Crippen molar-refractivity contribution in [2.24, 2.45) is 17.1 Å². The number of rotatable bonds is 5. The molecular formula is C12H24N2O2. The van der Waals surface area contributed by atoms with Crippen molar-refractivity contribution < 1.29 is 9.90 Å². The molecule has 16 heavy (non-hydrogen) atoms. The van der Waals surface area contributed by atoms with Gasteiger partial charge in [0.05, 0.1) is 5.41 Å². The van der Waals surface area contributed by atoms with Crippen molar-refractivity contribution in [3.63, 3.8) is 0 Å². The molecule has 0 aromatic heterocycles. The third-order valence-corrected chi connectivity index (χ3v) is 4.03. The monoisotopic (exact) mass is 228 g/mol. The Hall–Kier alpha value is -0.610. The van der Waals surface area contributed by atoms with Crippen LogP contribution in [0, 0.1) is 11.3 Å². The number of aliphatic hydroxyl groups excluding tert-OH is 1. The lowest BCUT2D eigenvalue weighted by Gasteiger charge is -2.33. The first kappa shape index (κ1) is 13.5. The van der Waals surface area contributed by atoms with E-state index in [0.29, 0.717) is 13.1 Å². The summed E-state index contributed by atoms with van der Waals surface area (Å²) in [6, 6.07) is 0. The summed E-state index contributed by atoms with van der Waals surface area (Å²) in [7, 11) is 0. The number of nitrogens with two attached hydrogens (primary N) is 1. The summed E-state index contributed by atoms with van der Waals surface area (Å²) >= 11 is 0. The number of nitrogens with zero attached hydrogens (tertiary/aromatic N) is 1. The average Bonchev–Trinajstić information content (AvgIpc) is 2.80. The van der Waals surface area contributed by atoms with Gasteiger partial charge in [0.2, 0.25) is 5.91 Å². The molecule has 1 fully saturated rings. The van der Waals surface area contributed by atoms with Crippen LogP contribution in [0.3, 0.4) is 0 Å². The molecule has 0 saturated carbocycles. The van der Waals surface area contributed by atoms with E-state index in [4.69, 9.17) is 10.8 Å². The highest BCUT2D eigenvalue weighted by atomic mass is 16.3. The van der Waals surface area contributed by atoms with Gasteiger partial charge < -0.3 is 15.7 Å². The number of aliphatic hydroxyl groups is 1.